The summed E-state index contributed by atoms with van der Waals surface area (Å²) in [7, 11) is 0. The van der Waals surface area contributed by atoms with E-state index in [1.54, 1.807) is 19.3 Å². The van der Waals surface area contributed by atoms with Crippen molar-refractivity contribution in [3.8, 4) is 0 Å². The Labute approximate surface area is 93.2 Å². The number of hydrogen-bond acceptors (Lipinski definition) is 4. The lowest BCUT2D eigenvalue weighted by Crippen LogP contribution is -2.33. The van der Waals surface area contributed by atoms with Gasteiger partial charge in [0.1, 0.15) is 12.2 Å². The lowest BCUT2D eigenvalue weighted by molar-refractivity contribution is -0.132. The highest BCUT2D eigenvalue weighted by Gasteiger charge is 2.16. The minimum Gasteiger partial charge on any atom is -0.478 e. The van der Waals surface area contributed by atoms with Crippen molar-refractivity contribution < 1.29 is 9.90 Å². The van der Waals surface area contributed by atoms with E-state index in [-0.39, 0.29) is 0 Å². The van der Waals surface area contributed by atoms with Crippen molar-refractivity contribution in [3.63, 3.8) is 0 Å². The maximum atomic E-state index is 10.6. The number of carbonyl (C=O) groups is 1. The Kier molecular flexibility index (Phi) is 3.00. The van der Waals surface area contributed by atoms with E-state index < -0.39 is 5.97 Å². The molecule has 0 aliphatic carbocycles. The smallest absolute Gasteiger partial charge is 0.330 e. The van der Waals surface area contributed by atoms with Crippen LogP contribution in [0.5, 0.6) is 0 Å². The molecule has 0 amide bonds. The maximum Gasteiger partial charge on any atom is 0.330 e. The summed E-state index contributed by atoms with van der Waals surface area (Å²) >= 11 is 0. The fraction of sp³-hybridized carbons (Fsp3) is 0.500. The van der Waals surface area contributed by atoms with Crippen LogP contribution >= 0.6 is 0 Å². The highest BCUT2D eigenvalue weighted by atomic mass is 16.4. The number of aliphatic carboxylic acids is 1. The molecule has 0 saturated carbocycles. The number of carboxylic acid groups (broad SMARTS) is 1. The van der Waals surface area contributed by atoms with Crippen LogP contribution in [0.3, 0.4) is 0 Å². The van der Waals surface area contributed by atoms with Gasteiger partial charge in [0.15, 0.2) is 0 Å². The number of aromatic nitrogens is 3. The average Bonchev–Trinajstić information content (AvgIpc) is 2.72. The third-order valence-corrected chi connectivity index (χ3v) is 2.71. The Morgan fingerprint density at radius 1 is 1.62 bits per heavy atom. The molecule has 0 spiro atoms. The SMILES string of the molecule is CC(=CCN1CCn2cnnc2C1)C(=O)O. The van der Waals surface area contributed by atoms with Gasteiger partial charge in [-0.25, -0.2) is 4.79 Å². The summed E-state index contributed by atoms with van der Waals surface area (Å²) < 4.78 is 2.02. The van der Waals surface area contributed by atoms with Crippen LogP contribution in [0.15, 0.2) is 18.0 Å². The first-order chi connectivity index (χ1) is 7.66. The van der Waals surface area contributed by atoms with E-state index in [9.17, 15) is 4.79 Å². The molecule has 1 aliphatic heterocycles. The molecular weight excluding hydrogens is 208 g/mol. The molecule has 0 atom stereocenters. The molecule has 1 aromatic heterocycles. The van der Waals surface area contributed by atoms with Crippen LogP contribution in [-0.2, 0) is 17.9 Å². The van der Waals surface area contributed by atoms with E-state index >= 15 is 0 Å². The Bertz CT molecular complexity index is 424. The molecule has 2 heterocycles. The van der Waals surface area contributed by atoms with Gasteiger partial charge < -0.3 is 9.67 Å². The fourth-order valence-corrected chi connectivity index (χ4v) is 1.63. The normalized spacial score (nSPS) is 17.2. The largest absolute Gasteiger partial charge is 0.478 e. The summed E-state index contributed by atoms with van der Waals surface area (Å²) in [6.45, 7) is 4.74. The van der Waals surface area contributed by atoms with Crippen molar-refractivity contribution in [2.45, 2.75) is 20.0 Å². The van der Waals surface area contributed by atoms with Gasteiger partial charge in [0, 0.05) is 25.2 Å². The molecule has 0 aromatic carbocycles. The van der Waals surface area contributed by atoms with Crippen LogP contribution in [0.2, 0.25) is 0 Å². The number of rotatable bonds is 3. The lowest BCUT2D eigenvalue weighted by Gasteiger charge is -2.25. The van der Waals surface area contributed by atoms with Gasteiger partial charge in [0.25, 0.3) is 0 Å². The second-order valence-corrected chi connectivity index (χ2v) is 3.87. The first kappa shape index (κ1) is 10.8. The van der Waals surface area contributed by atoms with Crippen LogP contribution in [0.1, 0.15) is 12.7 Å². The zero-order chi connectivity index (χ0) is 11.5. The third-order valence-electron chi connectivity index (χ3n) is 2.71. The molecule has 0 fully saturated rings. The van der Waals surface area contributed by atoms with Crippen molar-refractivity contribution in [2.75, 3.05) is 13.1 Å². The third kappa shape index (κ3) is 2.27. The standard InChI is InChI=1S/C10H14N4O2/c1-8(10(15)16)2-3-13-4-5-14-7-11-12-9(14)6-13/h2,7H,3-6H2,1H3,(H,15,16). The van der Waals surface area contributed by atoms with Crippen molar-refractivity contribution in [1.82, 2.24) is 19.7 Å². The molecule has 0 saturated heterocycles. The second-order valence-electron chi connectivity index (χ2n) is 3.87. The van der Waals surface area contributed by atoms with E-state index in [0.29, 0.717) is 12.1 Å². The molecule has 16 heavy (non-hydrogen) atoms. The monoisotopic (exact) mass is 222 g/mol. The fourth-order valence-electron chi connectivity index (χ4n) is 1.63. The van der Waals surface area contributed by atoms with Gasteiger partial charge in [-0.05, 0) is 6.92 Å². The summed E-state index contributed by atoms with van der Waals surface area (Å²) in [5.74, 6) is 0.0767. The van der Waals surface area contributed by atoms with Crippen LogP contribution in [0.4, 0.5) is 0 Å². The Morgan fingerprint density at radius 2 is 2.44 bits per heavy atom. The van der Waals surface area contributed by atoms with Crippen molar-refractivity contribution in [2.24, 2.45) is 0 Å². The van der Waals surface area contributed by atoms with Gasteiger partial charge in [-0.2, -0.15) is 0 Å². The number of fused-ring (bicyclic) bond motifs is 1. The lowest BCUT2D eigenvalue weighted by atomic mass is 10.2. The molecular formula is C10H14N4O2. The number of nitrogens with zero attached hydrogens (tertiary/aromatic N) is 4. The first-order valence-corrected chi connectivity index (χ1v) is 5.16. The topological polar surface area (TPSA) is 71.2 Å². The van der Waals surface area contributed by atoms with Gasteiger partial charge in [0.2, 0.25) is 0 Å². The zero-order valence-electron chi connectivity index (χ0n) is 9.13. The van der Waals surface area contributed by atoms with E-state index in [1.807, 2.05) is 4.57 Å². The zero-order valence-corrected chi connectivity index (χ0v) is 9.13. The molecule has 2 rings (SSSR count). The van der Waals surface area contributed by atoms with Crippen molar-refractivity contribution in [3.05, 3.63) is 23.8 Å². The Morgan fingerprint density at radius 3 is 3.19 bits per heavy atom. The van der Waals surface area contributed by atoms with Crippen molar-refractivity contribution >= 4 is 5.97 Å². The predicted molar refractivity (Wildman–Crippen MR) is 56.7 cm³/mol. The molecule has 1 aliphatic rings. The Hall–Kier alpha value is -1.69. The van der Waals surface area contributed by atoms with Gasteiger partial charge in [-0.3, -0.25) is 4.90 Å². The van der Waals surface area contributed by atoms with Crippen LogP contribution < -0.4 is 0 Å². The molecule has 6 nitrogen and oxygen atoms in total. The highest BCUT2D eigenvalue weighted by Crippen LogP contribution is 2.08. The Balaban J connectivity index is 1.95. The molecule has 0 unspecified atom stereocenters. The van der Waals surface area contributed by atoms with Crippen LogP contribution in [0, 0.1) is 0 Å². The molecule has 0 radical (unpaired) electrons. The highest BCUT2D eigenvalue weighted by molar-refractivity contribution is 5.85. The number of hydrogen-bond donors (Lipinski definition) is 1. The van der Waals surface area contributed by atoms with Crippen LogP contribution in [-0.4, -0.2) is 43.8 Å². The molecule has 86 valence electrons. The number of carboxylic acids is 1. The van der Waals surface area contributed by atoms with Gasteiger partial charge >= 0.3 is 5.97 Å². The molecule has 1 N–H and O–H groups in total. The van der Waals surface area contributed by atoms with E-state index in [4.69, 9.17) is 5.11 Å². The van der Waals surface area contributed by atoms with E-state index in [1.165, 1.54) is 0 Å². The van der Waals surface area contributed by atoms with Gasteiger partial charge in [0.05, 0.1) is 6.54 Å². The summed E-state index contributed by atoms with van der Waals surface area (Å²) in [5.41, 5.74) is 0.382. The quantitative estimate of drug-likeness (QED) is 0.736. The second kappa shape index (κ2) is 4.44. The molecule has 6 heteroatoms. The predicted octanol–water partition coefficient (Wildman–Crippen LogP) is 0.125. The minimum absolute atomic E-state index is 0.382. The summed E-state index contributed by atoms with van der Waals surface area (Å²) in [5, 5.41) is 16.6. The van der Waals surface area contributed by atoms with Gasteiger partial charge in [-0.15, -0.1) is 10.2 Å². The van der Waals surface area contributed by atoms with E-state index in [2.05, 4.69) is 15.1 Å². The minimum atomic E-state index is -0.861. The summed E-state index contributed by atoms with van der Waals surface area (Å²) in [6, 6.07) is 0. The maximum absolute atomic E-state index is 10.6. The molecule has 0 bridgehead atoms. The summed E-state index contributed by atoms with van der Waals surface area (Å²) in [4.78, 5) is 12.8. The van der Waals surface area contributed by atoms with Crippen molar-refractivity contribution in [1.29, 1.82) is 0 Å². The van der Waals surface area contributed by atoms with Gasteiger partial charge in [-0.1, -0.05) is 6.08 Å². The average molecular weight is 222 g/mol. The molecule has 1 aromatic rings. The summed E-state index contributed by atoms with van der Waals surface area (Å²) in [6.07, 6.45) is 3.46. The first-order valence-electron chi connectivity index (χ1n) is 5.16. The van der Waals surface area contributed by atoms with Crippen LogP contribution in [0.25, 0.3) is 0 Å². The van der Waals surface area contributed by atoms with E-state index in [0.717, 1.165) is 25.5 Å².